The van der Waals surface area contributed by atoms with Crippen molar-refractivity contribution in [1.29, 1.82) is 0 Å². The third-order valence-electron chi connectivity index (χ3n) is 3.16. The zero-order valence-electron chi connectivity index (χ0n) is 7.96. The molecule has 0 heterocycles. The van der Waals surface area contributed by atoms with Gasteiger partial charge >= 0.3 is 0 Å². The zero-order valence-corrected chi connectivity index (χ0v) is 7.96. The van der Waals surface area contributed by atoms with Crippen LogP contribution in [0.5, 0.6) is 0 Å². The van der Waals surface area contributed by atoms with Gasteiger partial charge in [0.05, 0.1) is 0 Å². The highest BCUT2D eigenvalue weighted by Crippen LogP contribution is 2.38. The summed E-state index contributed by atoms with van der Waals surface area (Å²) in [5.41, 5.74) is 1.31. The predicted molar refractivity (Wildman–Crippen MR) is 52.2 cm³/mol. The van der Waals surface area contributed by atoms with Gasteiger partial charge in [-0.25, -0.2) is 4.39 Å². The summed E-state index contributed by atoms with van der Waals surface area (Å²) in [5.74, 6) is 1.31. The second kappa shape index (κ2) is 3.49. The summed E-state index contributed by atoms with van der Waals surface area (Å²) in [6, 6.07) is 7.00. The minimum absolute atomic E-state index is 0.130. The van der Waals surface area contributed by atoms with Crippen LogP contribution in [0.25, 0.3) is 0 Å². The van der Waals surface area contributed by atoms with Gasteiger partial charge in [-0.3, -0.25) is 0 Å². The van der Waals surface area contributed by atoms with E-state index in [1.54, 1.807) is 12.1 Å². The van der Waals surface area contributed by atoms with Gasteiger partial charge in [-0.1, -0.05) is 31.9 Å². The molecule has 0 bridgehead atoms. The number of benzene rings is 1. The highest BCUT2D eigenvalue weighted by molar-refractivity contribution is 5.21. The van der Waals surface area contributed by atoms with Crippen LogP contribution in [0.15, 0.2) is 24.3 Å². The highest BCUT2D eigenvalue weighted by Gasteiger charge is 2.24. The molecule has 1 aliphatic carbocycles. The molecule has 2 atom stereocenters. The van der Waals surface area contributed by atoms with Gasteiger partial charge in [0.1, 0.15) is 5.82 Å². The Bertz CT molecular complexity index is 276. The molecule has 13 heavy (non-hydrogen) atoms. The van der Waals surface area contributed by atoms with E-state index in [0.717, 1.165) is 5.92 Å². The Labute approximate surface area is 78.8 Å². The number of hydrogen-bond donors (Lipinski definition) is 0. The molecule has 0 spiro atoms. The van der Waals surface area contributed by atoms with Crippen molar-refractivity contribution < 1.29 is 4.39 Å². The first-order valence-corrected chi connectivity index (χ1v) is 5.03. The molecule has 1 saturated carbocycles. The minimum Gasteiger partial charge on any atom is -0.207 e. The Hall–Kier alpha value is -0.850. The molecular formula is C12H15F. The number of rotatable bonds is 1. The summed E-state index contributed by atoms with van der Waals surface area (Å²) in [6.45, 7) is 2.29. The molecule has 0 N–H and O–H groups in total. The molecular weight excluding hydrogens is 163 g/mol. The van der Waals surface area contributed by atoms with Gasteiger partial charge in [-0.15, -0.1) is 0 Å². The van der Waals surface area contributed by atoms with Crippen LogP contribution >= 0.6 is 0 Å². The van der Waals surface area contributed by atoms with E-state index in [-0.39, 0.29) is 5.82 Å². The lowest BCUT2D eigenvalue weighted by Crippen LogP contribution is -2.01. The molecule has 1 heteroatoms. The molecule has 1 aromatic rings. The molecule has 0 aromatic heterocycles. The Morgan fingerprint density at radius 3 is 2.38 bits per heavy atom. The van der Waals surface area contributed by atoms with Gasteiger partial charge in [-0.05, 0) is 36.0 Å². The molecule has 70 valence electrons. The summed E-state index contributed by atoms with van der Waals surface area (Å²) in [4.78, 5) is 0. The summed E-state index contributed by atoms with van der Waals surface area (Å²) >= 11 is 0. The molecule has 1 unspecified atom stereocenters. The third-order valence-corrected chi connectivity index (χ3v) is 3.16. The molecule has 0 amide bonds. The van der Waals surface area contributed by atoms with Crippen molar-refractivity contribution in [3.8, 4) is 0 Å². The largest absolute Gasteiger partial charge is 0.207 e. The maximum Gasteiger partial charge on any atom is 0.123 e. The average molecular weight is 178 g/mol. The fourth-order valence-corrected chi connectivity index (χ4v) is 2.35. The molecule has 1 aromatic carbocycles. The molecule has 0 saturated heterocycles. The van der Waals surface area contributed by atoms with Crippen LogP contribution in [0.1, 0.15) is 37.7 Å². The van der Waals surface area contributed by atoms with Gasteiger partial charge in [0.15, 0.2) is 0 Å². The summed E-state index contributed by atoms with van der Waals surface area (Å²) in [6.07, 6.45) is 3.91. The quantitative estimate of drug-likeness (QED) is 0.614. The maximum atomic E-state index is 12.7. The molecule has 0 aliphatic heterocycles. The van der Waals surface area contributed by atoms with Crippen LogP contribution in [0.2, 0.25) is 0 Å². The van der Waals surface area contributed by atoms with E-state index in [9.17, 15) is 4.39 Å². The smallest absolute Gasteiger partial charge is 0.123 e. The van der Waals surface area contributed by atoms with Crippen molar-refractivity contribution in [2.24, 2.45) is 5.92 Å². The van der Waals surface area contributed by atoms with E-state index in [1.165, 1.54) is 24.8 Å². The van der Waals surface area contributed by atoms with E-state index in [2.05, 4.69) is 6.92 Å². The average Bonchev–Trinajstić information content (AvgIpc) is 2.53. The molecule has 1 aliphatic rings. The first kappa shape index (κ1) is 8.74. The first-order chi connectivity index (χ1) is 6.27. The van der Waals surface area contributed by atoms with Gasteiger partial charge < -0.3 is 0 Å². The first-order valence-electron chi connectivity index (χ1n) is 5.03. The molecule has 0 radical (unpaired) electrons. The fraction of sp³-hybridized carbons (Fsp3) is 0.500. The van der Waals surface area contributed by atoms with Crippen molar-refractivity contribution >= 4 is 0 Å². The van der Waals surface area contributed by atoms with Gasteiger partial charge in [0, 0.05) is 0 Å². The fourth-order valence-electron chi connectivity index (χ4n) is 2.35. The Kier molecular flexibility index (Phi) is 2.34. The zero-order chi connectivity index (χ0) is 9.26. The van der Waals surface area contributed by atoms with Crippen LogP contribution in [-0.2, 0) is 0 Å². The standard InChI is InChI=1S/C12H15F/c1-9-3-2-4-12(9)10-5-7-11(13)8-6-10/h5-9,12H,2-4H2,1H3/t9-,12?/m1/s1. The van der Waals surface area contributed by atoms with Gasteiger partial charge in [0.2, 0.25) is 0 Å². The maximum absolute atomic E-state index is 12.7. The lowest BCUT2D eigenvalue weighted by molar-refractivity contribution is 0.531. The molecule has 0 nitrogen and oxygen atoms in total. The monoisotopic (exact) mass is 178 g/mol. The second-order valence-corrected chi connectivity index (χ2v) is 4.07. The number of halogens is 1. The third kappa shape index (κ3) is 1.74. The topological polar surface area (TPSA) is 0 Å². The summed E-state index contributed by atoms with van der Waals surface area (Å²) in [7, 11) is 0. The minimum atomic E-state index is -0.130. The van der Waals surface area contributed by atoms with Gasteiger partial charge in [-0.2, -0.15) is 0 Å². The second-order valence-electron chi connectivity index (χ2n) is 4.07. The number of hydrogen-bond acceptors (Lipinski definition) is 0. The van der Waals surface area contributed by atoms with E-state index >= 15 is 0 Å². The predicted octanol–water partition coefficient (Wildman–Crippen LogP) is 3.73. The van der Waals surface area contributed by atoms with E-state index in [4.69, 9.17) is 0 Å². The Balaban J connectivity index is 2.20. The Morgan fingerprint density at radius 2 is 1.85 bits per heavy atom. The molecule has 2 rings (SSSR count). The van der Waals surface area contributed by atoms with E-state index in [0.29, 0.717) is 5.92 Å². The van der Waals surface area contributed by atoms with Crippen molar-refractivity contribution in [2.45, 2.75) is 32.1 Å². The van der Waals surface area contributed by atoms with Crippen LogP contribution < -0.4 is 0 Å². The van der Waals surface area contributed by atoms with Crippen LogP contribution in [0.4, 0.5) is 4.39 Å². The van der Waals surface area contributed by atoms with Crippen molar-refractivity contribution in [1.82, 2.24) is 0 Å². The highest BCUT2D eigenvalue weighted by atomic mass is 19.1. The van der Waals surface area contributed by atoms with Crippen molar-refractivity contribution in [2.75, 3.05) is 0 Å². The Morgan fingerprint density at radius 1 is 1.15 bits per heavy atom. The van der Waals surface area contributed by atoms with Crippen LogP contribution in [0, 0.1) is 11.7 Å². The normalized spacial score (nSPS) is 27.8. The van der Waals surface area contributed by atoms with Crippen molar-refractivity contribution in [3.05, 3.63) is 35.6 Å². The van der Waals surface area contributed by atoms with E-state index in [1.807, 2.05) is 12.1 Å². The SMILES string of the molecule is C[C@@H]1CCCC1c1ccc(F)cc1. The summed E-state index contributed by atoms with van der Waals surface area (Å²) < 4.78 is 12.7. The lowest BCUT2D eigenvalue weighted by atomic mass is 9.90. The summed E-state index contributed by atoms with van der Waals surface area (Å²) in [5, 5.41) is 0. The van der Waals surface area contributed by atoms with Gasteiger partial charge in [0.25, 0.3) is 0 Å². The van der Waals surface area contributed by atoms with Crippen molar-refractivity contribution in [3.63, 3.8) is 0 Å². The van der Waals surface area contributed by atoms with E-state index < -0.39 is 0 Å². The van der Waals surface area contributed by atoms with Crippen LogP contribution in [-0.4, -0.2) is 0 Å². The molecule has 1 fully saturated rings. The van der Waals surface area contributed by atoms with Crippen LogP contribution in [0.3, 0.4) is 0 Å². The lowest BCUT2D eigenvalue weighted by Gasteiger charge is -2.15.